The number of hydrogen-bond acceptors (Lipinski definition) is 2. The number of aromatic nitrogens is 1. The quantitative estimate of drug-likeness (QED) is 0.604. The number of para-hydroxylation sites is 1. The summed E-state index contributed by atoms with van der Waals surface area (Å²) >= 11 is 0. The predicted molar refractivity (Wildman–Crippen MR) is 99.0 cm³/mol. The summed E-state index contributed by atoms with van der Waals surface area (Å²) in [4.78, 5) is 15.2. The Bertz CT molecular complexity index is 863. The van der Waals surface area contributed by atoms with Crippen LogP contribution in [0.1, 0.15) is 49.0 Å². The number of rotatable bonds is 6. The summed E-state index contributed by atoms with van der Waals surface area (Å²) in [6, 6.07) is 14.2. The Hall–Kier alpha value is -2.55. The zero-order chi connectivity index (χ0) is 17.1. The first-order valence-electron chi connectivity index (χ1n) is 8.52. The minimum absolute atomic E-state index is 0.475. The zero-order valence-corrected chi connectivity index (χ0v) is 14.4. The second-order valence-electron chi connectivity index (χ2n) is 6.08. The van der Waals surface area contributed by atoms with Crippen LogP contribution in [0.3, 0.4) is 0 Å². The van der Waals surface area contributed by atoms with E-state index in [1.54, 1.807) is 0 Å². The summed E-state index contributed by atoms with van der Waals surface area (Å²) in [7, 11) is 0. The van der Waals surface area contributed by atoms with Crippen LogP contribution in [0, 0.1) is 0 Å². The Kier molecular flexibility index (Phi) is 4.70. The van der Waals surface area contributed by atoms with Crippen molar-refractivity contribution in [2.75, 3.05) is 6.61 Å². The number of benzene rings is 2. The topological polar surface area (TPSA) is 42.1 Å². The third-order valence-corrected chi connectivity index (χ3v) is 4.62. The Balaban J connectivity index is 2.21. The maximum Gasteiger partial charge on any atom is 0.152 e. The standard InChI is InChI=1S/C21H23NO2/c1-4-14(3)15-10-11-19-17(12-15)18(13-23)21(22-19)16-8-6-7-9-20(16)24-5-2/h6-14,22H,4-5H2,1-3H3. The maximum atomic E-state index is 11.8. The highest BCUT2D eigenvalue weighted by atomic mass is 16.5. The van der Waals surface area contributed by atoms with E-state index in [1.165, 1.54) is 5.56 Å². The molecular formula is C21H23NO2. The van der Waals surface area contributed by atoms with Crippen molar-refractivity contribution in [2.24, 2.45) is 0 Å². The second kappa shape index (κ2) is 6.91. The highest BCUT2D eigenvalue weighted by molar-refractivity contribution is 6.05. The third-order valence-electron chi connectivity index (χ3n) is 4.62. The lowest BCUT2D eigenvalue weighted by Gasteiger charge is -2.09. The van der Waals surface area contributed by atoms with Crippen LogP contribution >= 0.6 is 0 Å². The molecule has 0 radical (unpaired) electrons. The van der Waals surface area contributed by atoms with E-state index in [4.69, 9.17) is 4.74 Å². The highest BCUT2D eigenvalue weighted by Gasteiger charge is 2.17. The number of nitrogens with one attached hydrogen (secondary N) is 1. The molecule has 3 heteroatoms. The summed E-state index contributed by atoms with van der Waals surface area (Å²) in [6.45, 7) is 6.93. The van der Waals surface area contributed by atoms with Gasteiger partial charge in [-0.05, 0) is 49.1 Å². The van der Waals surface area contributed by atoms with Crippen LogP contribution in [0.5, 0.6) is 5.75 Å². The SMILES string of the molecule is CCOc1ccccc1-c1[nH]c2ccc(C(C)CC)cc2c1C=O. The van der Waals surface area contributed by atoms with Crippen molar-refractivity contribution >= 4 is 17.2 Å². The van der Waals surface area contributed by atoms with Gasteiger partial charge in [-0.25, -0.2) is 0 Å². The molecule has 1 unspecified atom stereocenters. The monoisotopic (exact) mass is 321 g/mol. The van der Waals surface area contributed by atoms with Crippen LogP contribution in [-0.4, -0.2) is 17.9 Å². The lowest BCUT2D eigenvalue weighted by Crippen LogP contribution is -1.95. The van der Waals surface area contributed by atoms with Gasteiger partial charge in [0, 0.05) is 22.0 Å². The van der Waals surface area contributed by atoms with E-state index in [2.05, 4.69) is 37.0 Å². The van der Waals surface area contributed by atoms with Crippen LogP contribution in [-0.2, 0) is 0 Å². The van der Waals surface area contributed by atoms with Gasteiger partial charge in [0.15, 0.2) is 6.29 Å². The molecule has 0 saturated heterocycles. The van der Waals surface area contributed by atoms with Gasteiger partial charge in [-0.1, -0.05) is 32.0 Å². The highest BCUT2D eigenvalue weighted by Crippen LogP contribution is 2.36. The molecule has 1 N–H and O–H groups in total. The molecule has 0 bridgehead atoms. The molecule has 1 heterocycles. The fourth-order valence-electron chi connectivity index (χ4n) is 3.06. The fourth-order valence-corrected chi connectivity index (χ4v) is 3.06. The van der Waals surface area contributed by atoms with Crippen molar-refractivity contribution in [3.63, 3.8) is 0 Å². The number of aromatic amines is 1. The van der Waals surface area contributed by atoms with Gasteiger partial charge in [-0.3, -0.25) is 4.79 Å². The number of fused-ring (bicyclic) bond motifs is 1. The summed E-state index contributed by atoms with van der Waals surface area (Å²) < 4.78 is 5.73. The van der Waals surface area contributed by atoms with E-state index in [9.17, 15) is 4.79 Å². The largest absolute Gasteiger partial charge is 0.493 e. The minimum atomic E-state index is 0.475. The first-order valence-corrected chi connectivity index (χ1v) is 8.52. The van der Waals surface area contributed by atoms with Gasteiger partial charge in [0.1, 0.15) is 5.75 Å². The average molecular weight is 321 g/mol. The molecule has 2 aromatic carbocycles. The number of aldehydes is 1. The van der Waals surface area contributed by atoms with Crippen LogP contribution in [0.4, 0.5) is 0 Å². The van der Waals surface area contributed by atoms with Crippen LogP contribution in [0.15, 0.2) is 42.5 Å². The lowest BCUT2D eigenvalue weighted by atomic mass is 9.96. The van der Waals surface area contributed by atoms with E-state index in [1.807, 2.05) is 31.2 Å². The molecule has 0 saturated carbocycles. The van der Waals surface area contributed by atoms with Gasteiger partial charge < -0.3 is 9.72 Å². The molecule has 124 valence electrons. The fraction of sp³-hybridized carbons (Fsp3) is 0.286. The Labute approximate surface area is 142 Å². The normalized spacial score (nSPS) is 12.3. The molecule has 3 rings (SSSR count). The van der Waals surface area contributed by atoms with Crippen LogP contribution in [0.25, 0.3) is 22.2 Å². The molecule has 3 aromatic rings. The number of carbonyl (C=O) groups is 1. The number of ether oxygens (including phenoxy) is 1. The lowest BCUT2D eigenvalue weighted by molar-refractivity contribution is 0.112. The Morgan fingerprint density at radius 3 is 2.67 bits per heavy atom. The Morgan fingerprint density at radius 2 is 1.96 bits per heavy atom. The van der Waals surface area contributed by atoms with Gasteiger partial charge in [0.05, 0.1) is 12.3 Å². The molecule has 0 fully saturated rings. The van der Waals surface area contributed by atoms with Crippen molar-refractivity contribution in [1.29, 1.82) is 0 Å². The number of carbonyl (C=O) groups excluding carboxylic acids is 1. The summed E-state index contributed by atoms with van der Waals surface area (Å²) in [5.41, 5.74) is 4.68. The minimum Gasteiger partial charge on any atom is -0.493 e. The van der Waals surface area contributed by atoms with Crippen molar-refractivity contribution in [1.82, 2.24) is 4.98 Å². The molecule has 0 aliphatic rings. The molecule has 0 amide bonds. The van der Waals surface area contributed by atoms with Gasteiger partial charge in [-0.2, -0.15) is 0 Å². The van der Waals surface area contributed by atoms with Crippen LogP contribution < -0.4 is 4.74 Å². The number of H-pyrrole nitrogens is 1. The van der Waals surface area contributed by atoms with Crippen molar-refractivity contribution in [2.45, 2.75) is 33.1 Å². The van der Waals surface area contributed by atoms with Gasteiger partial charge in [0.2, 0.25) is 0 Å². The molecule has 24 heavy (non-hydrogen) atoms. The van der Waals surface area contributed by atoms with Gasteiger partial charge in [-0.15, -0.1) is 0 Å². The Morgan fingerprint density at radius 1 is 1.17 bits per heavy atom. The third kappa shape index (κ3) is 2.82. The van der Waals surface area contributed by atoms with E-state index >= 15 is 0 Å². The molecule has 0 aliphatic heterocycles. The van der Waals surface area contributed by atoms with Gasteiger partial charge >= 0.3 is 0 Å². The molecule has 0 aliphatic carbocycles. The molecule has 0 spiro atoms. The van der Waals surface area contributed by atoms with E-state index in [0.29, 0.717) is 18.1 Å². The molecular weight excluding hydrogens is 298 g/mol. The second-order valence-corrected chi connectivity index (χ2v) is 6.08. The van der Waals surface area contributed by atoms with Crippen molar-refractivity contribution in [3.8, 4) is 17.0 Å². The summed E-state index contributed by atoms with van der Waals surface area (Å²) in [5.74, 6) is 1.26. The van der Waals surface area contributed by atoms with E-state index < -0.39 is 0 Å². The van der Waals surface area contributed by atoms with E-state index in [-0.39, 0.29) is 0 Å². The summed E-state index contributed by atoms with van der Waals surface area (Å²) in [5, 5.41) is 0.976. The zero-order valence-electron chi connectivity index (χ0n) is 14.4. The summed E-state index contributed by atoms with van der Waals surface area (Å²) in [6.07, 6.45) is 2.02. The average Bonchev–Trinajstić information content (AvgIpc) is 2.99. The van der Waals surface area contributed by atoms with Crippen molar-refractivity contribution < 1.29 is 9.53 Å². The van der Waals surface area contributed by atoms with Crippen LogP contribution in [0.2, 0.25) is 0 Å². The molecule has 1 atom stereocenters. The molecule has 1 aromatic heterocycles. The smallest absolute Gasteiger partial charge is 0.152 e. The van der Waals surface area contributed by atoms with Crippen molar-refractivity contribution in [3.05, 3.63) is 53.6 Å². The molecule has 3 nitrogen and oxygen atoms in total. The number of hydrogen-bond donors (Lipinski definition) is 1. The first kappa shape index (κ1) is 16.3. The predicted octanol–water partition coefficient (Wildman–Crippen LogP) is 5.56. The van der Waals surface area contributed by atoms with E-state index in [0.717, 1.165) is 40.6 Å². The first-order chi connectivity index (χ1) is 11.7. The van der Waals surface area contributed by atoms with Gasteiger partial charge in [0.25, 0.3) is 0 Å². The maximum absolute atomic E-state index is 11.8.